The summed E-state index contributed by atoms with van der Waals surface area (Å²) in [6, 6.07) is 0. The molecule has 0 spiro atoms. The van der Waals surface area contributed by atoms with E-state index in [-0.39, 0.29) is 5.91 Å². The molecule has 3 rings (SSSR count). The molecule has 2 aliphatic rings. The van der Waals surface area contributed by atoms with Crippen LogP contribution in [0.2, 0.25) is 0 Å². The number of allylic oxidation sites excluding steroid dienone is 1. The fraction of sp³-hybridized carbons (Fsp3) is 0.579. The van der Waals surface area contributed by atoms with Gasteiger partial charge in [0.2, 0.25) is 5.89 Å². The van der Waals surface area contributed by atoms with Crippen molar-refractivity contribution >= 4 is 5.91 Å². The normalized spacial score (nSPS) is 21.2. The van der Waals surface area contributed by atoms with E-state index in [9.17, 15) is 4.79 Å². The van der Waals surface area contributed by atoms with Crippen LogP contribution in [-0.4, -0.2) is 46.5 Å². The Hall–Kier alpha value is -2.28. The van der Waals surface area contributed by atoms with Crippen LogP contribution in [0.5, 0.6) is 0 Å². The van der Waals surface area contributed by atoms with Gasteiger partial charge in [-0.3, -0.25) is 15.0 Å². The zero-order valence-corrected chi connectivity index (χ0v) is 15.7. The average Bonchev–Trinajstić information content (AvgIpc) is 3.08. The van der Waals surface area contributed by atoms with Crippen LogP contribution in [0, 0.1) is 6.92 Å². The highest BCUT2D eigenvalue weighted by molar-refractivity contribution is 5.84. The summed E-state index contributed by atoms with van der Waals surface area (Å²) in [7, 11) is 0. The second kappa shape index (κ2) is 8.89. The highest BCUT2D eigenvalue weighted by Crippen LogP contribution is 2.20. The predicted molar refractivity (Wildman–Crippen MR) is 99.7 cm³/mol. The SMILES string of the molecule is CC/C=C/CN1C(=O)C(NCc2ncc(C)o2)NC=C1N1CCCCC1. The number of nitrogens with zero attached hydrogens (tertiary/aromatic N) is 3. The minimum atomic E-state index is -0.481. The Morgan fingerprint density at radius 1 is 1.35 bits per heavy atom. The first-order chi connectivity index (χ1) is 12.7. The zero-order valence-electron chi connectivity index (χ0n) is 15.7. The molecule has 1 saturated heterocycles. The van der Waals surface area contributed by atoms with Gasteiger partial charge in [-0.1, -0.05) is 19.1 Å². The van der Waals surface area contributed by atoms with Crippen molar-refractivity contribution in [2.75, 3.05) is 19.6 Å². The third-order valence-corrected chi connectivity index (χ3v) is 4.67. The minimum Gasteiger partial charge on any atom is -0.445 e. The van der Waals surface area contributed by atoms with Gasteiger partial charge in [-0.25, -0.2) is 4.98 Å². The molecular formula is C19H29N5O2. The second-order valence-corrected chi connectivity index (χ2v) is 6.72. The number of hydrogen-bond donors (Lipinski definition) is 2. The minimum absolute atomic E-state index is 0.0251. The van der Waals surface area contributed by atoms with Crippen molar-refractivity contribution in [3.05, 3.63) is 42.0 Å². The Bertz CT molecular complexity index is 661. The van der Waals surface area contributed by atoms with Crippen LogP contribution in [0.3, 0.4) is 0 Å². The molecule has 0 aliphatic carbocycles. The van der Waals surface area contributed by atoms with Gasteiger partial charge >= 0.3 is 0 Å². The molecule has 1 aromatic rings. The lowest BCUT2D eigenvalue weighted by Crippen LogP contribution is -2.58. The van der Waals surface area contributed by atoms with Crippen molar-refractivity contribution in [1.29, 1.82) is 0 Å². The lowest BCUT2D eigenvalue weighted by molar-refractivity contribution is -0.134. The molecule has 7 nitrogen and oxygen atoms in total. The molecule has 0 aromatic carbocycles. The second-order valence-electron chi connectivity index (χ2n) is 6.72. The highest BCUT2D eigenvalue weighted by Gasteiger charge is 2.32. The van der Waals surface area contributed by atoms with E-state index >= 15 is 0 Å². The maximum atomic E-state index is 13.0. The van der Waals surface area contributed by atoms with Gasteiger partial charge in [0.15, 0.2) is 6.17 Å². The fourth-order valence-electron chi connectivity index (χ4n) is 3.31. The Morgan fingerprint density at radius 3 is 2.85 bits per heavy atom. The molecule has 2 aliphatic heterocycles. The summed E-state index contributed by atoms with van der Waals surface area (Å²) in [6.45, 7) is 6.96. The Morgan fingerprint density at radius 2 is 2.15 bits per heavy atom. The lowest BCUT2D eigenvalue weighted by Gasteiger charge is -2.40. The third-order valence-electron chi connectivity index (χ3n) is 4.67. The largest absolute Gasteiger partial charge is 0.445 e. The number of carbonyl (C=O) groups is 1. The molecule has 7 heteroatoms. The number of nitrogens with one attached hydrogen (secondary N) is 2. The standard InChI is InChI=1S/C19H29N5O2/c1-3-4-6-11-24-17(23-9-7-5-8-10-23)14-22-18(19(24)25)21-13-16-20-12-15(2)26-16/h4,6,12,14,18,21-22H,3,5,7-11,13H2,1-2H3/b6-4+. The van der Waals surface area contributed by atoms with Crippen LogP contribution in [0.25, 0.3) is 0 Å². The number of aromatic nitrogens is 1. The summed E-state index contributed by atoms with van der Waals surface area (Å²) in [5, 5.41) is 6.41. The van der Waals surface area contributed by atoms with E-state index in [1.807, 2.05) is 18.0 Å². The summed E-state index contributed by atoms with van der Waals surface area (Å²) in [4.78, 5) is 21.4. The lowest BCUT2D eigenvalue weighted by atomic mass is 10.1. The first-order valence-corrected chi connectivity index (χ1v) is 9.51. The van der Waals surface area contributed by atoms with Crippen molar-refractivity contribution < 1.29 is 9.21 Å². The smallest absolute Gasteiger partial charge is 0.265 e. The van der Waals surface area contributed by atoms with Crippen LogP contribution in [0.4, 0.5) is 0 Å². The van der Waals surface area contributed by atoms with Crippen molar-refractivity contribution in [3.8, 4) is 0 Å². The van der Waals surface area contributed by atoms with Crippen molar-refractivity contribution in [3.63, 3.8) is 0 Å². The molecule has 3 heterocycles. The molecule has 26 heavy (non-hydrogen) atoms. The highest BCUT2D eigenvalue weighted by atomic mass is 16.4. The van der Waals surface area contributed by atoms with Gasteiger partial charge in [0.25, 0.3) is 5.91 Å². The fourth-order valence-corrected chi connectivity index (χ4v) is 3.31. The first kappa shape index (κ1) is 18.5. The van der Waals surface area contributed by atoms with Crippen molar-refractivity contribution in [2.24, 2.45) is 0 Å². The molecule has 2 N–H and O–H groups in total. The van der Waals surface area contributed by atoms with Gasteiger partial charge in [-0.15, -0.1) is 0 Å². The molecule has 0 radical (unpaired) electrons. The molecule has 1 amide bonds. The Labute approximate surface area is 155 Å². The molecule has 0 saturated carbocycles. The van der Waals surface area contributed by atoms with E-state index < -0.39 is 6.17 Å². The van der Waals surface area contributed by atoms with Gasteiger partial charge in [0.1, 0.15) is 11.6 Å². The molecule has 142 valence electrons. The number of aryl methyl sites for hydroxylation is 1. The van der Waals surface area contributed by atoms with E-state index in [4.69, 9.17) is 4.42 Å². The van der Waals surface area contributed by atoms with Crippen LogP contribution in [-0.2, 0) is 11.3 Å². The van der Waals surface area contributed by atoms with E-state index in [0.29, 0.717) is 19.0 Å². The Kier molecular flexibility index (Phi) is 6.33. The van der Waals surface area contributed by atoms with Crippen LogP contribution in [0.15, 0.2) is 34.8 Å². The number of carbonyl (C=O) groups excluding carboxylic acids is 1. The first-order valence-electron chi connectivity index (χ1n) is 9.51. The van der Waals surface area contributed by atoms with Gasteiger partial charge in [-0.2, -0.15) is 0 Å². The number of oxazole rings is 1. The Balaban J connectivity index is 1.69. The number of piperidine rings is 1. The predicted octanol–water partition coefficient (Wildman–Crippen LogP) is 2.08. The summed E-state index contributed by atoms with van der Waals surface area (Å²) in [5.41, 5.74) is 0. The van der Waals surface area contributed by atoms with Gasteiger partial charge in [-0.05, 0) is 32.6 Å². The van der Waals surface area contributed by atoms with E-state index in [1.165, 1.54) is 19.3 Å². The summed E-state index contributed by atoms with van der Waals surface area (Å²) < 4.78 is 5.47. The van der Waals surface area contributed by atoms with Crippen molar-refractivity contribution in [2.45, 2.75) is 52.2 Å². The van der Waals surface area contributed by atoms with Crippen LogP contribution < -0.4 is 10.6 Å². The molecule has 0 bridgehead atoms. The quantitative estimate of drug-likeness (QED) is 0.726. The summed E-state index contributed by atoms with van der Waals surface area (Å²) >= 11 is 0. The summed E-state index contributed by atoms with van der Waals surface area (Å²) in [5.74, 6) is 2.35. The van der Waals surface area contributed by atoms with Crippen LogP contribution in [0.1, 0.15) is 44.3 Å². The topological polar surface area (TPSA) is 73.6 Å². The monoisotopic (exact) mass is 359 g/mol. The number of rotatable bonds is 7. The number of amides is 1. The number of likely N-dealkylation sites (tertiary alicyclic amines) is 1. The third kappa shape index (κ3) is 4.46. The van der Waals surface area contributed by atoms with E-state index in [2.05, 4.69) is 39.6 Å². The maximum Gasteiger partial charge on any atom is 0.265 e. The average molecular weight is 359 g/mol. The van der Waals surface area contributed by atoms with Crippen molar-refractivity contribution in [1.82, 2.24) is 25.4 Å². The van der Waals surface area contributed by atoms with E-state index in [0.717, 1.165) is 31.1 Å². The summed E-state index contributed by atoms with van der Waals surface area (Å²) in [6.07, 6.45) is 11.9. The molecule has 1 atom stereocenters. The van der Waals surface area contributed by atoms with Gasteiger partial charge < -0.3 is 14.6 Å². The van der Waals surface area contributed by atoms with Gasteiger partial charge in [0, 0.05) is 25.8 Å². The maximum absolute atomic E-state index is 13.0. The molecule has 1 fully saturated rings. The van der Waals surface area contributed by atoms with E-state index in [1.54, 1.807) is 6.20 Å². The molecule has 1 aromatic heterocycles. The molecule has 1 unspecified atom stereocenters. The number of hydrogen-bond acceptors (Lipinski definition) is 6. The van der Waals surface area contributed by atoms with Crippen LogP contribution >= 0.6 is 0 Å². The zero-order chi connectivity index (χ0) is 18.4. The van der Waals surface area contributed by atoms with Gasteiger partial charge in [0.05, 0.1) is 12.7 Å². The molecular weight excluding hydrogens is 330 g/mol.